The third kappa shape index (κ3) is 4.62. The highest BCUT2D eigenvalue weighted by molar-refractivity contribution is 5.78. The van der Waals surface area contributed by atoms with Crippen LogP contribution in [0.15, 0.2) is 0 Å². The minimum absolute atomic E-state index is 0.0732. The first kappa shape index (κ1) is 12.5. The standard InChI is InChI=1S/C11H22N2O2/c1-3-13(10-4-5-10)7-11(15)12-6-9(2)8-14/h9-10,14H,3-8H2,1-2H3,(H,12,15). The van der Waals surface area contributed by atoms with Crippen molar-refractivity contribution >= 4 is 5.91 Å². The van der Waals surface area contributed by atoms with Crippen LogP contribution >= 0.6 is 0 Å². The molecule has 1 aliphatic rings. The van der Waals surface area contributed by atoms with Crippen molar-refractivity contribution in [1.82, 2.24) is 10.2 Å². The van der Waals surface area contributed by atoms with Crippen LogP contribution in [0.25, 0.3) is 0 Å². The third-order valence-electron chi connectivity index (χ3n) is 2.78. The largest absolute Gasteiger partial charge is 0.396 e. The van der Waals surface area contributed by atoms with Gasteiger partial charge in [-0.25, -0.2) is 0 Å². The van der Waals surface area contributed by atoms with E-state index in [1.165, 1.54) is 12.8 Å². The maximum Gasteiger partial charge on any atom is 0.234 e. The van der Waals surface area contributed by atoms with Crippen molar-refractivity contribution in [2.75, 3.05) is 26.2 Å². The maximum absolute atomic E-state index is 11.5. The van der Waals surface area contributed by atoms with Crippen molar-refractivity contribution in [2.45, 2.75) is 32.7 Å². The SMILES string of the molecule is CCN(CC(=O)NCC(C)CO)C1CC1. The zero-order valence-corrected chi connectivity index (χ0v) is 9.70. The van der Waals surface area contributed by atoms with Gasteiger partial charge in [-0.15, -0.1) is 0 Å². The second kappa shape index (κ2) is 6.08. The number of hydrogen-bond donors (Lipinski definition) is 2. The number of aliphatic hydroxyl groups is 1. The molecular formula is C11H22N2O2. The van der Waals surface area contributed by atoms with Gasteiger partial charge in [-0.05, 0) is 25.3 Å². The van der Waals surface area contributed by atoms with Gasteiger partial charge < -0.3 is 10.4 Å². The van der Waals surface area contributed by atoms with E-state index < -0.39 is 0 Å². The summed E-state index contributed by atoms with van der Waals surface area (Å²) >= 11 is 0. The van der Waals surface area contributed by atoms with Crippen LogP contribution in [0.4, 0.5) is 0 Å². The van der Waals surface area contributed by atoms with Gasteiger partial charge in [-0.1, -0.05) is 13.8 Å². The lowest BCUT2D eigenvalue weighted by Crippen LogP contribution is -2.40. The quantitative estimate of drug-likeness (QED) is 0.637. The smallest absolute Gasteiger partial charge is 0.234 e. The summed E-state index contributed by atoms with van der Waals surface area (Å²) < 4.78 is 0. The summed E-state index contributed by atoms with van der Waals surface area (Å²) in [7, 11) is 0. The van der Waals surface area contributed by atoms with E-state index >= 15 is 0 Å². The fourth-order valence-electron chi connectivity index (χ4n) is 1.53. The van der Waals surface area contributed by atoms with Crippen molar-refractivity contribution in [3.63, 3.8) is 0 Å². The van der Waals surface area contributed by atoms with Gasteiger partial charge in [0, 0.05) is 19.2 Å². The lowest BCUT2D eigenvalue weighted by Gasteiger charge is -2.19. The molecule has 0 bridgehead atoms. The van der Waals surface area contributed by atoms with Gasteiger partial charge in [-0.2, -0.15) is 0 Å². The predicted molar refractivity (Wildman–Crippen MR) is 59.5 cm³/mol. The minimum atomic E-state index is 0.0732. The monoisotopic (exact) mass is 214 g/mol. The number of amides is 1. The molecule has 1 fully saturated rings. The van der Waals surface area contributed by atoms with Crippen molar-refractivity contribution in [2.24, 2.45) is 5.92 Å². The van der Waals surface area contributed by atoms with Gasteiger partial charge in [0.25, 0.3) is 0 Å². The van der Waals surface area contributed by atoms with Crippen LogP contribution in [0, 0.1) is 5.92 Å². The molecule has 0 saturated heterocycles. The van der Waals surface area contributed by atoms with Crippen LogP contribution in [-0.2, 0) is 4.79 Å². The molecule has 1 amide bonds. The van der Waals surface area contributed by atoms with Gasteiger partial charge >= 0.3 is 0 Å². The fraction of sp³-hybridized carbons (Fsp3) is 0.909. The zero-order valence-electron chi connectivity index (χ0n) is 9.70. The Morgan fingerprint density at radius 3 is 2.73 bits per heavy atom. The van der Waals surface area contributed by atoms with Crippen molar-refractivity contribution in [3.05, 3.63) is 0 Å². The summed E-state index contributed by atoms with van der Waals surface area (Å²) in [5.74, 6) is 0.217. The van der Waals surface area contributed by atoms with Crippen molar-refractivity contribution in [3.8, 4) is 0 Å². The van der Waals surface area contributed by atoms with E-state index in [4.69, 9.17) is 5.11 Å². The van der Waals surface area contributed by atoms with Gasteiger partial charge in [-0.3, -0.25) is 9.69 Å². The summed E-state index contributed by atoms with van der Waals surface area (Å²) in [5, 5.41) is 11.7. The molecule has 1 atom stereocenters. The summed E-state index contributed by atoms with van der Waals surface area (Å²) in [6, 6.07) is 0.635. The maximum atomic E-state index is 11.5. The number of likely N-dealkylation sites (N-methyl/N-ethyl adjacent to an activating group) is 1. The molecule has 4 heteroatoms. The lowest BCUT2D eigenvalue weighted by atomic mass is 10.2. The second-order valence-electron chi connectivity index (χ2n) is 4.39. The highest BCUT2D eigenvalue weighted by Gasteiger charge is 2.28. The van der Waals surface area contributed by atoms with Crippen molar-refractivity contribution in [1.29, 1.82) is 0 Å². The van der Waals surface area contributed by atoms with Gasteiger partial charge in [0.15, 0.2) is 0 Å². The van der Waals surface area contributed by atoms with Crippen LogP contribution in [0.2, 0.25) is 0 Å². The number of aliphatic hydroxyl groups excluding tert-OH is 1. The second-order valence-corrected chi connectivity index (χ2v) is 4.39. The Kier molecular flexibility index (Phi) is 5.05. The highest BCUT2D eigenvalue weighted by Crippen LogP contribution is 2.25. The Morgan fingerprint density at radius 2 is 2.27 bits per heavy atom. The van der Waals surface area contributed by atoms with E-state index in [0.717, 1.165) is 6.54 Å². The Labute approximate surface area is 91.6 Å². The first-order chi connectivity index (χ1) is 7.17. The predicted octanol–water partition coefficient (Wildman–Crippen LogP) is 0.215. The van der Waals surface area contributed by atoms with E-state index in [1.54, 1.807) is 0 Å². The highest BCUT2D eigenvalue weighted by atomic mass is 16.3. The fourth-order valence-corrected chi connectivity index (χ4v) is 1.53. The summed E-state index contributed by atoms with van der Waals surface area (Å²) in [4.78, 5) is 13.7. The summed E-state index contributed by atoms with van der Waals surface area (Å²) in [6.07, 6.45) is 2.46. The zero-order chi connectivity index (χ0) is 11.3. The van der Waals surface area contributed by atoms with Crippen LogP contribution in [-0.4, -0.2) is 48.2 Å². The number of nitrogens with zero attached hydrogens (tertiary/aromatic N) is 1. The molecule has 88 valence electrons. The number of rotatable bonds is 7. The van der Waals surface area contributed by atoms with E-state index in [-0.39, 0.29) is 18.4 Å². The number of nitrogens with one attached hydrogen (secondary N) is 1. The van der Waals surface area contributed by atoms with Gasteiger partial charge in [0.2, 0.25) is 5.91 Å². The molecule has 2 N–H and O–H groups in total. The molecule has 4 nitrogen and oxygen atoms in total. The molecule has 1 rings (SSSR count). The number of hydrogen-bond acceptors (Lipinski definition) is 3. The molecule has 0 aromatic rings. The molecule has 0 heterocycles. The lowest BCUT2D eigenvalue weighted by molar-refractivity contribution is -0.122. The van der Waals surface area contributed by atoms with E-state index in [1.807, 2.05) is 6.92 Å². The number of carbonyl (C=O) groups is 1. The Bertz CT molecular complexity index is 205. The average molecular weight is 214 g/mol. The molecule has 0 radical (unpaired) electrons. The minimum Gasteiger partial charge on any atom is -0.396 e. The summed E-state index contributed by atoms with van der Waals surface area (Å²) in [6.45, 7) is 6.13. The van der Waals surface area contributed by atoms with E-state index in [0.29, 0.717) is 19.1 Å². The molecule has 0 aliphatic heterocycles. The molecule has 15 heavy (non-hydrogen) atoms. The van der Waals surface area contributed by atoms with Crippen LogP contribution in [0.1, 0.15) is 26.7 Å². The molecule has 1 aliphatic carbocycles. The first-order valence-corrected chi connectivity index (χ1v) is 5.79. The normalized spacial score (nSPS) is 17.9. The van der Waals surface area contributed by atoms with E-state index in [9.17, 15) is 4.79 Å². The first-order valence-electron chi connectivity index (χ1n) is 5.79. The number of carbonyl (C=O) groups excluding carboxylic acids is 1. The van der Waals surface area contributed by atoms with Crippen molar-refractivity contribution < 1.29 is 9.90 Å². The van der Waals surface area contributed by atoms with Gasteiger partial charge in [0.05, 0.1) is 6.54 Å². The molecule has 1 saturated carbocycles. The van der Waals surface area contributed by atoms with Crippen LogP contribution in [0.5, 0.6) is 0 Å². The molecule has 1 unspecified atom stereocenters. The topological polar surface area (TPSA) is 52.6 Å². The molecular weight excluding hydrogens is 192 g/mol. The third-order valence-corrected chi connectivity index (χ3v) is 2.78. The van der Waals surface area contributed by atoms with Crippen LogP contribution in [0.3, 0.4) is 0 Å². The van der Waals surface area contributed by atoms with Gasteiger partial charge in [0.1, 0.15) is 0 Å². The van der Waals surface area contributed by atoms with Crippen LogP contribution < -0.4 is 5.32 Å². The Balaban J connectivity index is 2.16. The Hall–Kier alpha value is -0.610. The Morgan fingerprint density at radius 1 is 1.60 bits per heavy atom. The van der Waals surface area contributed by atoms with E-state index in [2.05, 4.69) is 17.1 Å². The average Bonchev–Trinajstić information content (AvgIpc) is 3.06. The molecule has 0 aromatic heterocycles. The summed E-state index contributed by atoms with van der Waals surface area (Å²) in [5.41, 5.74) is 0. The molecule has 0 aromatic carbocycles. The molecule has 0 spiro atoms.